The fourth-order valence-corrected chi connectivity index (χ4v) is 2.21. The average molecular weight is 344 g/mol. The van der Waals surface area contributed by atoms with Gasteiger partial charge in [0.2, 0.25) is 0 Å². The van der Waals surface area contributed by atoms with Crippen molar-refractivity contribution in [2.24, 2.45) is 14.1 Å². The zero-order valence-electron chi connectivity index (χ0n) is 13.3. The van der Waals surface area contributed by atoms with Crippen molar-refractivity contribution in [2.75, 3.05) is 5.32 Å². The quantitative estimate of drug-likeness (QED) is 0.768. The summed E-state index contributed by atoms with van der Waals surface area (Å²) in [5.74, 6) is -0.793. The summed E-state index contributed by atoms with van der Waals surface area (Å²) in [6, 6.07) is 6.85. The van der Waals surface area contributed by atoms with Gasteiger partial charge in [0.25, 0.3) is 11.5 Å². The number of amides is 1. The van der Waals surface area contributed by atoms with E-state index in [9.17, 15) is 18.8 Å². The fraction of sp³-hybridized carbons (Fsp3) is 0.125. The molecular weight excluding hydrogens is 331 g/mol. The van der Waals surface area contributed by atoms with Crippen molar-refractivity contribution in [2.45, 2.75) is 0 Å². The van der Waals surface area contributed by atoms with Crippen LogP contribution >= 0.6 is 0 Å². The zero-order chi connectivity index (χ0) is 18.1. The zero-order valence-corrected chi connectivity index (χ0v) is 13.3. The number of anilines is 1. The largest absolute Gasteiger partial charge is 0.355 e. The minimum absolute atomic E-state index is 0.0600. The molecule has 0 bridgehead atoms. The lowest BCUT2D eigenvalue weighted by Gasteiger charge is -2.06. The van der Waals surface area contributed by atoms with Gasteiger partial charge >= 0.3 is 5.69 Å². The van der Waals surface area contributed by atoms with Crippen LogP contribution in [0.5, 0.6) is 0 Å². The van der Waals surface area contributed by atoms with Crippen LogP contribution in [0.2, 0.25) is 0 Å². The van der Waals surface area contributed by atoms with Crippen molar-refractivity contribution in [1.82, 2.24) is 14.3 Å². The Balaban J connectivity index is 1.87. The third-order valence-corrected chi connectivity index (χ3v) is 3.57. The Labute approximate surface area is 140 Å². The number of hydrogen-bond acceptors (Lipinski definition) is 5. The van der Waals surface area contributed by atoms with Gasteiger partial charge in [-0.3, -0.25) is 14.2 Å². The first-order valence-corrected chi connectivity index (χ1v) is 7.17. The molecule has 3 aromatic rings. The molecule has 1 N–H and O–H groups in total. The Morgan fingerprint density at radius 1 is 1.20 bits per heavy atom. The van der Waals surface area contributed by atoms with Crippen LogP contribution < -0.4 is 16.6 Å². The lowest BCUT2D eigenvalue weighted by Crippen LogP contribution is -2.38. The second-order valence-corrected chi connectivity index (χ2v) is 5.34. The molecule has 0 spiro atoms. The molecule has 9 heteroatoms. The summed E-state index contributed by atoms with van der Waals surface area (Å²) in [4.78, 5) is 35.9. The summed E-state index contributed by atoms with van der Waals surface area (Å²) in [6.45, 7) is 0. The van der Waals surface area contributed by atoms with Gasteiger partial charge in [0.15, 0.2) is 11.5 Å². The van der Waals surface area contributed by atoms with Gasteiger partial charge in [-0.1, -0.05) is 5.16 Å². The molecule has 0 unspecified atom stereocenters. The van der Waals surface area contributed by atoms with Crippen LogP contribution in [0.15, 0.2) is 50.6 Å². The Morgan fingerprint density at radius 2 is 1.88 bits per heavy atom. The number of carbonyl (C=O) groups excluding carboxylic acids is 1. The number of aryl methyl sites for hydroxylation is 1. The maximum absolute atomic E-state index is 12.9. The topological polar surface area (TPSA) is 99.1 Å². The Hall–Kier alpha value is -3.49. The lowest BCUT2D eigenvalue weighted by molar-refractivity contribution is 0.101. The molecule has 0 saturated heterocycles. The minimum Gasteiger partial charge on any atom is -0.355 e. The molecule has 0 aliphatic heterocycles. The predicted molar refractivity (Wildman–Crippen MR) is 86.8 cm³/mol. The highest BCUT2D eigenvalue weighted by Gasteiger charge is 2.16. The van der Waals surface area contributed by atoms with E-state index in [-0.39, 0.29) is 17.1 Å². The lowest BCUT2D eigenvalue weighted by atomic mass is 10.1. The van der Waals surface area contributed by atoms with Crippen molar-refractivity contribution >= 4 is 11.6 Å². The Kier molecular flexibility index (Phi) is 4.05. The van der Waals surface area contributed by atoms with Gasteiger partial charge in [0, 0.05) is 31.9 Å². The van der Waals surface area contributed by atoms with E-state index in [1.807, 2.05) is 0 Å². The molecule has 0 saturated carbocycles. The van der Waals surface area contributed by atoms with Crippen molar-refractivity contribution in [3.05, 3.63) is 68.9 Å². The predicted octanol–water partition coefficient (Wildman–Crippen LogP) is 1.13. The molecule has 3 rings (SSSR count). The van der Waals surface area contributed by atoms with Gasteiger partial charge in [-0.15, -0.1) is 0 Å². The SMILES string of the molecule is Cn1cc(NC(=O)c2cc(-c3ccc(F)cc3)on2)c(=O)n(C)c1=O. The fourth-order valence-electron chi connectivity index (χ4n) is 2.21. The summed E-state index contributed by atoms with van der Waals surface area (Å²) in [7, 11) is 2.77. The highest BCUT2D eigenvalue weighted by atomic mass is 19.1. The number of aromatic nitrogens is 3. The monoisotopic (exact) mass is 344 g/mol. The normalized spacial score (nSPS) is 10.7. The third-order valence-electron chi connectivity index (χ3n) is 3.57. The average Bonchev–Trinajstić information content (AvgIpc) is 3.08. The molecule has 0 radical (unpaired) electrons. The molecule has 2 aromatic heterocycles. The maximum atomic E-state index is 12.9. The van der Waals surface area contributed by atoms with Gasteiger partial charge in [0.05, 0.1) is 0 Å². The molecule has 1 aromatic carbocycles. The summed E-state index contributed by atoms with van der Waals surface area (Å²) >= 11 is 0. The van der Waals surface area contributed by atoms with Crippen molar-refractivity contribution in [1.29, 1.82) is 0 Å². The number of hydrogen-bond donors (Lipinski definition) is 1. The first-order valence-electron chi connectivity index (χ1n) is 7.17. The molecule has 0 atom stereocenters. The number of rotatable bonds is 3. The van der Waals surface area contributed by atoms with Gasteiger partial charge in [0.1, 0.15) is 11.5 Å². The Morgan fingerprint density at radius 3 is 2.56 bits per heavy atom. The van der Waals surface area contributed by atoms with Gasteiger partial charge < -0.3 is 14.4 Å². The van der Waals surface area contributed by atoms with E-state index < -0.39 is 23.0 Å². The van der Waals surface area contributed by atoms with E-state index in [1.165, 1.54) is 55.2 Å². The number of benzene rings is 1. The van der Waals surface area contributed by atoms with E-state index in [0.29, 0.717) is 5.56 Å². The highest BCUT2D eigenvalue weighted by Crippen LogP contribution is 2.20. The number of nitrogens with zero attached hydrogens (tertiary/aromatic N) is 3. The van der Waals surface area contributed by atoms with Gasteiger partial charge in [-0.25, -0.2) is 9.18 Å². The number of halogens is 1. The van der Waals surface area contributed by atoms with Crippen molar-refractivity contribution < 1.29 is 13.7 Å². The van der Waals surface area contributed by atoms with Crippen LogP contribution in [-0.2, 0) is 14.1 Å². The van der Waals surface area contributed by atoms with Gasteiger partial charge in [-0.05, 0) is 24.3 Å². The molecule has 0 fully saturated rings. The van der Waals surface area contributed by atoms with Crippen LogP contribution in [0.1, 0.15) is 10.5 Å². The van der Waals surface area contributed by atoms with E-state index in [4.69, 9.17) is 4.52 Å². The second kappa shape index (κ2) is 6.19. The molecule has 1 amide bonds. The van der Waals surface area contributed by atoms with Crippen LogP contribution in [0.4, 0.5) is 10.1 Å². The highest BCUT2D eigenvalue weighted by molar-refractivity contribution is 6.03. The van der Waals surface area contributed by atoms with E-state index >= 15 is 0 Å². The van der Waals surface area contributed by atoms with Crippen LogP contribution in [0.3, 0.4) is 0 Å². The first-order chi connectivity index (χ1) is 11.9. The molecule has 0 aliphatic rings. The molecule has 2 heterocycles. The second-order valence-electron chi connectivity index (χ2n) is 5.34. The number of carbonyl (C=O) groups is 1. The van der Waals surface area contributed by atoms with Crippen LogP contribution in [0, 0.1) is 5.82 Å². The van der Waals surface area contributed by atoms with E-state index in [1.54, 1.807) is 0 Å². The van der Waals surface area contributed by atoms with Crippen LogP contribution in [0.25, 0.3) is 11.3 Å². The van der Waals surface area contributed by atoms with Crippen molar-refractivity contribution in [3.8, 4) is 11.3 Å². The summed E-state index contributed by atoms with van der Waals surface area (Å²) in [6.07, 6.45) is 1.23. The summed E-state index contributed by atoms with van der Waals surface area (Å²) in [5, 5.41) is 6.04. The first kappa shape index (κ1) is 16.4. The summed E-state index contributed by atoms with van der Waals surface area (Å²) in [5.41, 5.74) is -0.733. The van der Waals surface area contributed by atoms with E-state index in [0.717, 1.165) is 4.57 Å². The van der Waals surface area contributed by atoms with Gasteiger partial charge in [-0.2, -0.15) is 0 Å². The Bertz CT molecular complexity index is 1060. The minimum atomic E-state index is -0.673. The molecular formula is C16H13FN4O4. The standard InChI is InChI=1S/C16H13FN4O4/c1-20-8-12(15(23)21(2)16(20)24)18-14(22)11-7-13(25-19-11)9-3-5-10(17)6-4-9/h3-8H,1-2H3,(H,18,22). The molecule has 8 nitrogen and oxygen atoms in total. The number of nitrogens with one attached hydrogen (secondary N) is 1. The molecule has 0 aliphatic carbocycles. The van der Waals surface area contributed by atoms with Crippen molar-refractivity contribution in [3.63, 3.8) is 0 Å². The summed E-state index contributed by atoms with van der Waals surface area (Å²) < 4.78 is 20.1. The molecule has 25 heavy (non-hydrogen) atoms. The smallest absolute Gasteiger partial charge is 0.330 e. The van der Waals surface area contributed by atoms with Crippen LogP contribution in [-0.4, -0.2) is 20.2 Å². The maximum Gasteiger partial charge on any atom is 0.330 e. The molecule has 128 valence electrons. The third kappa shape index (κ3) is 3.11. The van der Waals surface area contributed by atoms with E-state index in [2.05, 4.69) is 10.5 Å².